The standard InChI is InChI=1S/C13H19N.C2H6/c1-14-10-5-8-13(9-11-14)12-6-3-2-4-7-12;1-2/h2-4,6-7,13H,5,8-11H2,1H3;1-2H3. The van der Waals surface area contributed by atoms with Crippen molar-refractivity contribution < 1.29 is 0 Å². The van der Waals surface area contributed by atoms with E-state index in [4.69, 9.17) is 0 Å². The van der Waals surface area contributed by atoms with E-state index in [0.29, 0.717) is 0 Å². The summed E-state index contributed by atoms with van der Waals surface area (Å²) in [5.41, 5.74) is 1.53. The molecular formula is C15H25N. The first kappa shape index (κ1) is 13.2. The number of likely N-dealkylation sites (tertiary alicyclic amines) is 1. The molecule has 0 spiro atoms. The van der Waals surface area contributed by atoms with Crippen molar-refractivity contribution in [1.29, 1.82) is 0 Å². The Morgan fingerprint density at radius 1 is 1.00 bits per heavy atom. The molecule has 1 aliphatic heterocycles. The molecule has 90 valence electrons. The van der Waals surface area contributed by atoms with Gasteiger partial charge < -0.3 is 4.90 Å². The molecule has 1 atom stereocenters. The third kappa shape index (κ3) is 3.97. The van der Waals surface area contributed by atoms with E-state index in [1.54, 1.807) is 0 Å². The molecule has 1 fully saturated rings. The number of hydrogen-bond donors (Lipinski definition) is 0. The normalized spacial score (nSPS) is 21.8. The highest BCUT2D eigenvalue weighted by Crippen LogP contribution is 2.27. The van der Waals surface area contributed by atoms with E-state index in [-0.39, 0.29) is 0 Å². The van der Waals surface area contributed by atoms with Gasteiger partial charge in [0.15, 0.2) is 0 Å². The molecule has 0 bridgehead atoms. The first-order valence-electron chi connectivity index (χ1n) is 6.60. The Hall–Kier alpha value is -0.820. The maximum absolute atomic E-state index is 2.45. The Labute approximate surface area is 100 Å². The van der Waals surface area contributed by atoms with Crippen molar-refractivity contribution in [3.8, 4) is 0 Å². The van der Waals surface area contributed by atoms with Crippen molar-refractivity contribution in [2.75, 3.05) is 20.1 Å². The summed E-state index contributed by atoms with van der Waals surface area (Å²) < 4.78 is 0. The van der Waals surface area contributed by atoms with Gasteiger partial charge >= 0.3 is 0 Å². The van der Waals surface area contributed by atoms with Crippen LogP contribution in [0.2, 0.25) is 0 Å². The molecule has 1 aromatic carbocycles. The molecule has 2 rings (SSSR count). The van der Waals surface area contributed by atoms with Crippen LogP contribution in [-0.2, 0) is 0 Å². The molecule has 1 saturated heterocycles. The summed E-state index contributed by atoms with van der Waals surface area (Å²) in [6.07, 6.45) is 4.02. The number of rotatable bonds is 1. The van der Waals surface area contributed by atoms with Gasteiger partial charge in [0.25, 0.3) is 0 Å². The van der Waals surface area contributed by atoms with Crippen LogP contribution in [-0.4, -0.2) is 25.0 Å². The second-order valence-electron chi connectivity index (χ2n) is 4.34. The van der Waals surface area contributed by atoms with Crippen molar-refractivity contribution in [2.24, 2.45) is 0 Å². The summed E-state index contributed by atoms with van der Waals surface area (Å²) in [6.45, 7) is 6.52. The van der Waals surface area contributed by atoms with Crippen molar-refractivity contribution in [2.45, 2.75) is 39.0 Å². The largest absolute Gasteiger partial charge is 0.306 e. The first-order valence-corrected chi connectivity index (χ1v) is 6.60. The van der Waals surface area contributed by atoms with E-state index < -0.39 is 0 Å². The highest BCUT2D eigenvalue weighted by molar-refractivity contribution is 5.19. The highest BCUT2D eigenvalue weighted by atomic mass is 15.1. The lowest BCUT2D eigenvalue weighted by atomic mass is 9.92. The molecular weight excluding hydrogens is 194 g/mol. The van der Waals surface area contributed by atoms with Crippen LogP contribution in [0.15, 0.2) is 30.3 Å². The molecule has 0 N–H and O–H groups in total. The smallest absolute Gasteiger partial charge is 0.00160 e. The predicted octanol–water partition coefficient (Wildman–Crippen LogP) is 3.91. The van der Waals surface area contributed by atoms with E-state index >= 15 is 0 Å². The number of nitrogens with zero attached hydrogens (tertiary/aromatic N) is 1. The van der Waals surface area contributed by atoms with Crippen molar-refractivity contribution in [3.63, 3.8) is 0 Å². The number of benzene rings is 1. The Bertz CT molecular complexity index is 268. The van der Waals surface area contributed by atoms with Crippen molar-refractivity contribution in [3.05, 3.63) is 35.9 Å². The van der Waals surface area contributed by atoms with Crippen LogP contribution in [0.4, 0.5) is 0 Å². The van der Waals surface area contributed by atoms with Gasteiger partial charge in [-0.05, 0) is 50.9 Å². The molecule has 0 amide bonds. The predicted molar refractivity (Wildman–Crippen MR) is 71.9 cm³/mol. The molecule has 1 heteroatoms. The zero-order valence-electron chi connectivity index (χ0n) is 10.9. The van der Waals surface area contributed by atoms with Gasteiger partial charge in [0.1, 0.15) is 0 Å². The molecule has 1 heterocycles. The van der Waals surface area contributed by atoms with E-state index in [0.717, 1.165) is 5.92 Å². The quantitative estimate of drug-likeness (QED) is 0.692. The lowest BCUT2D eigenvalue weighted by molar-refractivity contribution is 0.347. The summed E-state index contributed by atoms with van der Waals surface area (Å²) >= 11 is 0. The zero-order chi connectivity index (χ0) is 11.8. The Morgan fingerprint density at radius 2 is 1.69 bits per heavy atom. The second-order valence-corrected chi connectivity index (χ2v) is 4.34. The Morgan fingerprint density at radius 3 is 2.38 bits per heavy atom. The number of hydrogen-bond acceptors (Lipinski definition) is 1. The molecule has 1 aliphatic rings. The van der Waals surface area contributed by atoms with Crippen LogP contribution in [0.1, 0.15) is 44.6 Å². The summed E-state index contributed by atoms with van der Waals surface area (Å²) in [7, 11) is 2.23. The van der Waals surface area contributed by atoms with E-state index in [1.165, 1.54) is 37.9 Å². The van der Waals surface area contributed by atoms with Crippen LogP contribution < -0.4 is 0 Å². The molecule has 1 aromatic rings. The van der Waals surface area contributed by atoms with Gasteiger partial charge in [-0.25, -0.2) is 0 Å². The third-order valence-corrected chi connectivity index (χ3v) is 3.22. The van der Waals surface area contributed by atoms with Gasteiger partial charge in [0.2, 0.25) is 0 Å². The fourth-order valence-electron chi connectivity index (χ4n) is 2.30. The van der Waals surface area contributed by atoms with Gasteiger partial charge in [-0.1, -0.05) is 44.2 Å². The minimum Gasteiger partial charge on any atom is -0.306 e. The Kier molecular flexibility index (Phi) is 6.17. The van der Waals surface area contributed by atoms with E-state index in [1.807, 2.05) is 13.8 Å². The van der Waals surface area contributed by atoms with Crippen LogP contribution in [0, 0.1) is 0 Å². The van der Waals surface area contributed by atoms with Crippen LogP contribution in [0.5, 0.6) is 0 Å². The van der Waals surface area contributed by atoms with E-state index in [2.05, 4.69) is 42.3 Å². The van der Waals surface area contributed by atoms with E-state index in [9.17, 15) is 0 Å². The maximum Gasteiger partial charge on any atom is -0.00160 e. The van der Waals surface area contributed by atoms with Crippen LogP contribution in [0.3, 0.4) is 0 Å². The molecule has 1 nitrogen and oxygen atoms in total. The molecule has 0 aliphatic carbocycles. The van der Waals surface area contributed by atoms with Gasteiger partial charge in [-0.3, -0.25) is 0 Å². The monoisotopic (exact) mass is 219 g/mol. The molecule has 0 aromatic heterocycles. The molecule has 0 radical (unpaired) electrons. The summed E-state index contributed by atoms with van der Waals surface area (Å²) in [4.78, 5) is 2.45. The average Bonchev–Trinajstić information content (AvgIpc) is 2.58. The zero-order valence-corrected chi connectivity index (χ0v) is 10.9. The topological polar surface area (TPSA) is 3.24 Å². The first-order chi connectivity index (χ1) is 7.86. The summed E-state index contributed by atoms with van der Waals surface area (Å²) in [5, 5.41) is 0. The fraction of sp³-hybridized carbons (Fsp3) is 0.600. The second kappa shape index (κ2) is 7.45. The van der Waals surface area contributed by atoms with Crippen molar-refractivity contribution >= 4 is 0 Å². The minimum atomic E-state index is 0.793. The van der Waals surface area contributed by atoms with Crippen molar-refractivity contribution in [1.82, 2.24) is 4.90 Å². The third-order valence-electron chi connectivity index (χ3n) is 3.22. The maximum atomic E-state index is 2.45. The summed E-state index contributed by atoms with van der Waals surface area (Å²) in [5.74, 6) is 0.793. The summed E-state index contributed by atoms with van der Waals surface area (Å²) in [6, 6.07) is 11.0. The van der Waals surface area contributed by atoms with Crippen LogP contribution >= 0.6 is 0 Å². The SMILES string of the molecule is CC.CN1CCCC(c2ccccc2)CC1. The van der Waals surface area contributed by atoms with Gasteiger partial charge in [-0.15, -0.1) is 0 Å². The lowest BCUT2D eigenvalue weighted by Crippen LogP contribution is -2.18. The van der Waals surface area contributed by atoms with Crippen LogP contribution in [0.25, 0.3) is 0 Å². The average molecular weight is 219 g/mol. The molecule has 0 saturated carbocycles. The van der Waals surface area contributed by atoms with Gasteiger partial charge in [0.05, 0.1) is 0 Å². The van der Waals surface area contributed by atoms with Gasteiger partial charge in [-0.2, -0.15) is 0 Å². The fourth-order valence-corrected chi connectivity index (χ4v) is 2.30. The molecule has 1 unspecified atom stereocenters. The minimum absolute atomic E-state index is 0.793. The highest BCUT2D eigenvalue weighted by Gasteiger charge is 2.15. The Balaban J connectivity index is 0.000000606. The van der Waals surface area contributed by atoms with Gasteiger partial charge in [0, 0.05) is 0 Å². The molecule has 16 heavy (non-hydrogen) atoms. The lowest BCUT2D eigenvalue weighted by Gasteiger charge is -2.14.